The molecule has 120 valence electrons. The molecule has 0 unspecified atom stereocenters. The predicted molar refractivity (Wildman–Crippen MR) is 83.1 cm³/mol. The van der Waals surface area contributed by atoms with Gasteiger partial charge in [-0.05, 0) is 36.4 Å². The molecular weight excluding hydrogens is 310 g/mol. The number of para-hydroxylation sites is 2. The standard InChI is InChI=1S/C17H13N3O4/c18-9-11-5-7-12(8-6-11)16(21)19-20-17(22)15-10-23-13-3-1-2-4-14(13)24-15/h1-8,15H,10H2,(H,19,21)(H,20,22)/t15-/m0/s1. The van der Waals surface area contributed by atoms with Crippen LogP contribution < -0.4 is 20.3 Å². The lowest BCUT2D eigenvalue weighted by molar-refractivity contribution is -0.131. The van der Waals surface area contributed by atoms with E-state index in [9.17, 15) is 9.59 Å². The molecule has 0 aliphatic carbocycles. The quantitative estimate of drug-likeness (QED) is 0.808. The summed E-state index contributed by atoms with van der Waals surface area (Å²) in [4.78, 5) is 24.0. The summed E-state index contributed by atoms with van der Waals surface area (Å²) in [6.45, 7) is 0.0512. The SMILES string of the molecule is N#Cc1ccc(C(=O)NNC(=O)[C@@H]2COc3ccccc3O2)cc1. The maximum absolute atomic E-state index is 12.1. The number of hydrogen-bond acceptors (Lipinski definition) is 5. The highest BCUT2D eigenvalue weighted by atomic mass is 16.6. The van der Waals surface area contributed by atoms with Crippen molar-refractivity contribution in [3.05, 3.63) is 59.7 Å². The van der Waals surface area contributed by atoms with Gasteiger partial charge in [-0.3, -0.25) is 20.4 Å². The van der Waals surface area contributed by atoms with Crippen molar-refractivity contribution in [2.75, 3.05) is 6.61 Å². The Kier molecular flexibility index (Phi) is 4.29. The molecule has 2 aromatic rings. The zero-order valence-corrected chi connectivity index (χ0v) is 12.5. The highest BCUT2D eigenvalue weighted by Gasteiger charge is 2.27. The van der Waals surface area contributed by atoms with Crippen LogP contribution in [0, 0.1) is 11.3 Å². The van der Waals surface area contributed by atoms with Crippen LogP contribution in [0.1, 0.15) is 15.9 Å². The molecule has 0 radical (unpaired) electrons. The van der Waals surface area contributed by atoms with Gasteiger partial charge < -0.3 is 9.47 Å². The fourth-order valence-electron chi connectivity index (χ4n) is 2.12. The molecule has 2 aromatic carbocycles. The number of carbonyl (C=O) groups is 2. The third-order valence-electron chi connectivity index (χ3n) is 3.38. The maximum Gasteiger partial charge on any atom is 0.283 e. The lowest BCUT2D eigenvalue weighted by atomic mass is 10.1. The van der Waals surface area contributed by atoms with Gasteiger partial charge in [0.2, 0.25) is 6.10 Å². The second kappa shape index (κ2) is 6.71. The minimum Gasteiger partial charge on any atom is -0.485 e. The molecule has 2 N–H and O–H groups in total. The topological polar surface area (TPSA) is 100 Å². The van der Waals surface area contributed by atoms with Crippen LogP contribution in [-0.2, 0) is 4.79 Å². The Morgan fingerprint density at radius 2 is 1.75 bits per heavy atom. The van der Waals surface area contributed by atoms with Gasteiger partial charge >= 0.3 is 0 Å². The van der Waals surface area contributed by atoms with Gasteiger partial charge in [0.15, 0.2) is 11.5 Å². The molecule has 0 spiro atoms. The molecule has 2 amide bonds. The highest BCUT2D eigenvalue weighted by Crippen LogP contribution is 2.30. The first-order valence-corrected chi connectivity index (χ1v) is 7.16. The third kappa shape index (κ3) is 3.28. The molecule has 1 aliphatic rings. The van der Waals surface area contributed by atoms with Gasteiger partial charge in [0.25, 0.3) is 11.8 Å². The first kappa shape index (κ1) is 15.4. The van der Waals surface area contributed by atoms with Crippen molar-refractivity contribution in [1.82, 2.24) is 10.9 Å². The lowest BCUT2D eigenvalue weighted by Gasteiger charge is -2.25. The first-order valence-electron chi connectivity index (χ1n) is 7.16. The van der Waals surface area contributed by atoms with Crippen molar-refractivity contribution in [2.24, 2.45) is 0 Å². The van der Waals surface area contributed by atoms with E-state index >= 15 is 0 Å². The van der Waals surface area contributed by atoms with Crippen LogP contribution in [0.4, 0.5) is 0 Å². The van der Waals surface area contributed by atoms with Crippen molar-refractivity contribution < 1.29 is 19.1 Å². The Morgan fingerprint density at radius 3 is 2.46 bits per heavy atom. The smallest absolute Gasteiger partial charge is 0.283 e. The summed E-state index contributed by atoms with van der Waals surface area (Å²) >= 11 is 0. The number of carbonyl (C=O) groups excluding carboxylic acids is 2. The minimum absolute atomic E-state index is 0.0512. The molecule has 3 rings (SSSR count). The number of fused-ring (bicyclic) bond motifs is 1. The summed E-state index contributed by atoms with van der Waals surface area (Å²) in [6.07, 6.45) is -0.860. The van der Waals surface area contributed by atoms with Crippen LogP contribution in [0.2, 0.25) is 0 Å². The van der Waals surface area contributed by atoms with Gasteiger partial charge in [-0.1, -0.05) is 12.1 Å². The van der Waals surface area contributed by atoms with Crippen LogP contribution in [0.3, 0.4) is 0 Å². The molecule has 7 heteroatoms. The van der Waals surface area contributed by atoms with Crippen molar-refractivity contribution in [2.45, 2.75) is 6.10 Å². The lowest BCUT2D eigenvalue weighted by Crippen LogP contribution is -2.50. The van der Waals surface area contributed by atoms with Crippen molar-refractivity contribution in [3.8, 4) is 17.6 Å². The molecule has 0 aromatic heterocycles. The van der Waals surface area contributed by atoms with Gasteiger partial charge in [-0.15, -0.1) is 0 Å². The number of ether oxygens (including phenoxy) is 2. The molecular formula is C17H13N3O4. The molecule has 0 bridgehead atoms. The van der Waals surface area contributed by atoms with Crippen molar-refractivity contribution in [1.29, 1.82) is 5.26 Å². The van der Waals surface area contributed by atoms with Crippen LogP contribution in [0.25, 0.3) is 0 Å². The number of hydrogen-bond donors (Lipinski definition) is 2. The predicted octanol–water partition coefficient (Wildman–Crippen LogP) is 1.16. The van der Waals surface area contributed by atoms with E-state index in [1.807, 2.05) is 6.07 Å². The van der Waals surface area contributed by atoms with Crippen LogP contribution in [0.15, 0.2) is 48.5 Å². The van der Waals surface area contributed by atoms with E-state index in [-0.39, 0.29) is 6.61 Å². The van der Waals surface area contributed by atoms with Crippen LogP contribution in [-0.4, -0.2) is 24.5 Å². The number of amides is 2. The molecule has 1 heterocycles. The van der Waals surface area contributed by atoms with Gasteiger partial charge in [0.1, 0.15) is 6.61 Å². The van der Waals surface area contributed by atoms with E-state index in [0.717, 1.165) is 0 Å². The fraction of sp³-hybridized carbons (Fsp3) is 0.118. The summed E-state index contributed by atoms with van der Waals surface area (Å²) < 4.78 is 11.0. The average Bonchev–Trinajstić information content (AvgIpc) is 2.65. The molecule has 1 aliphatic heterocycles. The van der Waals surface area contributed by atoms with Gasteiger partial charge in [0.05, 0.1) is 11.6 Å². The number of nitriles is 1. The van der Waals surface area contributed by atoms with Gasteiger partial charge in [0, 0.05) is 5.56 Å². The number of rotatable bonds is 2. The zero-order valence-electron chi connectivity index (χ0n) is 12.5. The fourth-order valence-corrected chi connectivity index (χ4v) is 2.12. The van der Waals surface area contributed by atoms with E-state index in [1.54, 1.807) is 24.3 Å². The number of nitrogens with zero attached hydrogens (tertiary/aromatic N) is 1. The Labute approximate surface area is 137 Å². The van der Waals surface area contributed by atoms with Crippen LogP contribution >= 0.6 is 0 Å². The van der Waals surface area contributed by atoms with E-state index in [1.165, 1.54) is 24.3 Å². The summed E-state index contributed by atoms with van der Waals surface area (Å²) in [7, 11) is 0. The molecule has 24 heavy (non-hydrogen) atoms. The second-order valence-electron chi connectivity index (χ2n) is 5.00. The van der Waals surface area contributed by atoms with E-state index in [4.69, 9.17) is 14.7 Å². The largest absolute Gasteiger partial charge is 0.485 e. The minimum atomic E-state index is -0.860. The van der Waals surface area contributed by atoms with Crippen LogP contribution in [0.5, 0.6) is 11.5 Å². The second-order valence-corrected chi connectivity index (χ2v) is 5.00. The van der Waals surface area contributed by atoms with E-state index in [2.05, 4.69) is 10.9 Å². The molecule has 0 saturated carbocycles. The van der Waals surface area contributed by atoms with E-state index in [0.29, 0.717) is 22.6 Å². The number of nitrogens with one attached hydrogen (secondary N) is 2. The number of hydrazine groups is 1. The summed E-state index contributed by atoms with van der Waals surface area (Å²) in [5, 5.41) is 8.72. The Balaban J connectivity index is 1.56. The number of benzene rings is 2. The van der Waals surface area contributed by atoms with Gasteiger partial charge in [-0.25, -0.2) is 0 Å². The Morgan fingerprint density at radius 1 is 1.04 bits per heavy atom. The van der Waals surface area contributed by atoms with E-state index < -0.39 is 17.9 Å². The van der Waals surface area contributed by atoms with Gasteiger partial charge in [-0.2, -0.15) is 5.26 Å². The van der Waals surface area contributed by atoms with Crippen molar-refractivity contribution in [3.63, 3.8) is 0 Å². The first-order chi connectivity index (χ1) is 11.7. The van der Waals surface area contributed by atoms with Crippen molar-refractivity contribution >= 4 is 11.8 Å². The summed E-state index contributed by atoms with van der Waals surface area (Å²) in [5.41, 5.74) is 5.37. The normalized spacial score (nSPS) is 15.0. The Bertz CT molecular complexity index is 811. The molecule has 7 nitrogen and oxygen atoms in total. The maximum atomic E-state index is 12.1. The highest BCUT2D eigenvalue weighted by molar-refractivity contribution is 5.95. The third-order valence-corrected chi connectivity index (χ3v) is 3.38. The average molecular weight is 323 g/mol. The monoisotopic (exact) mass is 323 g/mol. The summed E-state index contributed by atoms with van der Waals surface area (Å²) in [5.74, 6) is 0.0296. The molecule has 0 fully saturated rings. The Hall–Kier alpha value is -3.53. The molecule has 0 saturated heterocycles. The zero-order chi connectivity index (χ0) is 16.9. The molecule has 1 atom stereocenters. The summed E-state index contributed by atoms with van der Waals surface area (Å²) in [6, 6.07) is 15.0.